The number of carbonyl (C=O) groups excluding carboxylic acids is 1. The Hall–Kier alpha value is -3.14. The molecule has 0 saturated carbocycles. The van der Waals surface area contributed by atoms with Crippen molar-refractivity contribution in [3.63, 3.8) is 0 Å². The second-order valence-electron chi connectivity index (χ2n) is 6.47. The summed E-state index contributed by atoms with van der Waals surface area (Å²) in [5, 5.41) is 0. The van der Waals surface area contributed by atoms with Crippen LogP contribution in [0.4, 0.5) is 4.39 Å². The zero-order chi connectivity index (χ0) is 19.4. The summed E-state index contributed by atoms with van der Waals surface area (Å²) >= 11 is 0. The van der Waals surface area contributed by atoms with Crippen molar-refractivity contribution in [2.75, 3.05) is 0 Å². The van der Waals surface area contributed by atoms with E-state index in [0.29, 0.717) is 29.2 Å². The molecule has 0 aromatic heterocycles. The summed E-state index contributed by atoms with van der Waals surface area (Å²) in [4.78, 5) is 11.5. The first-order chi connectivity index (χ1) is 12.9. The fraction of sp³-hybridized carbons (Fsp3) is 0.174. The van der Waals surface area contributed by atoms with Gasteiger partial charge < -0.3 is 9.47 Å². The van der Waals surface area contributed by atoms with Crippen molar-refractivity contribution in [1.82, 2.24) is 0 Å². The van der Waals surface area contributed by atoms with Crippen LogP contribution in [0.1, 0.15) is 23.6 Å². The van der Waals surface area contributed by atoms with Crippen LogP contribution in [0.25, 0.3) is 11.1 Å². The van der Waals surface area contributed by atoms with Gasteiger partial charge in [0.2, 0.25) is 0 Å². The molecule has 0 heterocycles. The molecule has 3 nitrogen and oxygen atoms in total. The second kappa shape index (κ2) is 8.04. The molecule has 0 amide bonds. The fourth-order valence-electron chi connectivity index (χ4n) is 3.03. The predicted octanol–water partition coefficient (Wildman–Crippen LogP) is 5.61. The summed E-state index contributed by atoms with van der Waals surface area (Å²) < 4.78 is 25.4. The highest BCUT2D eigenvalue weighted by Crippen LogP contribution is 2.40. The quantitative estimate of drug-likeness (QED) is 0.436. The molecule has 3 rings (SSSR count). The number of hydrogen-bond donors (Lipinski definition) is 0. The lowest BCUT2D eigenvalue weighted by Gasteiger charge is -2.18. The maximum Gasteiger partial charge on any atom is 0.308 e. The smallest absolute Gasteiger partial charge is 0.308 e. The van der Waals surface area contributed by atoms with E-state index in [0.717, 1.165) is 16.7 Å². The molecule has 0 radical (unpaired) electrons. The molecule has 0 atom stereocenters. The largest absolute Gasteiger partial charge is 0.488 e. The maximum atomic E-state index is 14.0. The van der Waals surface area contributed by atoms with Gasteiger partial charge in [0.15, 0.2) is 0 Å². The topological polar surface area (TPSA) is 35.5 Å². The zero-order valence-electron chi connectivity index (χ0n) is 15.6. The van der Waals surface area contributed by atoms with Crippen LogP contribution in [-0.2, 0) is 11.4 Å². The van der Waals surface area contributed by atoms with Crippen LogP contribution in [0.2, 0.25) is 0 Å². The molecule has 0 aliphatic rings. The van der Waals surface area contributed by atoms with Gasteiger partial charge in [0.1, 0.15) is 23.9 Å². The molecule has 0 spiro atoms. The Morgan fingerprint density at radius 1 is 0.963 bits per heavy atom. The second-order valence-corrected chi connectivity index (χ2v) is 6.47. The van der Waals surface area contributed by atoms with Gasteiger partial charge in [-0.1, -0.05) is 36.4 Å². The monoisotopic (exact) mass is 364 g/mol. The van der Waals surface area contributed by atoms with Gasteiger partial charge in [-0.15, -0.1) is 0 Å². The van der Waals surface area contributed by atoms with E-state index in [1.54, 1.807) is 0 Å². The summed E-state index contributed by atoms with van der Waals surface area (Å²) in [5.74, 6) is 0.0787. The number of ether oxygens (including phenoxy) is 2. The van der Waals surface area contributed by atoms with Crippen LogP contribution in [-0.4, -0.2) is 5.97 Å². The lowest BCUT2D eigenvalue weighted by atomic mass is 9.98. The van der Waals surface area contributed by atoms with Gasteiger partial charge >= 0.3 is 5.97 Å². The average molecular weight is 364 g/mol. The highest BCUT2D eigenvalue weighted by atomic mass is 19.1. The maximum absolute atomic E-state index is 14.0. The van der Waals surface area contributed by atoms with Gasteiger partial charge in [-0.2, -0.15) is 0 Å². The number of halogens is 1. The zero-order valence-corrected chi connectivity index (χ0v) is 15.6. The lowest BCUT2D eigenvalue weighted by molar-refractivity contribution is -0.131. The van der Waals surface area contributed by atoms with Crippen molar-refractivity contribution in [3.8, 4) is 22.6 Å². The van der Waals surface area contributed by atoms with E-state index in [1.807, 2.05) is 56.3 Å². The minimum atomic E-state index is -0.459. The number of carbonyl (C=O) groups is 1. The molecule has 0 fully saturated rings. The van der Waals surface area contributed by atoms with Crippen molar-refractivity contribution in [3.05, 3.63) is 83.2 Å². The third-order valence-electron chi connectivity index (χ3n) is 4.13. The molecule has 3 aromatic rings. The Balaban J connectivity index is 2.07. The number of hydrogen-bond acceptors (Lipinski definition) is 3. The number of aryl methyl sites for hydroxylation is 2. The van der Waals surface area contributed by atoms with Crippen molar-refractivity contribution >= 4 is 5.97 Å². The lowest BCUT2D eigenvalue weighted by Crippen LogP contribution is -2.04. The Bertz CT molecular complexity index is 965. The number of rotatable bonds is 5. The van der Waals surface area contributed by atoms with Crippen LogP contribution in [0, 0.1) is 19.7 Å². The van der Waals surface area contributed by atoms with Crippen molar-refractivity contribution in [2.24, 2.45) is 0 Å². The SMILES string of the molecule is CC(=O)Oc1ccc(F)cc1-c1cc(C)cc(C)c1OCc1ccccc1. The predicted molar refractivity (Wildman–Crippen MR) is 103 cm³/mol. The molecule has 0 bridgehead atoms. The van der Waals surface area contributed by atoms with E-state index >= 15 is 0 Å². The van der Waals surface area contributed by atoms with E-state index < -0.39 is 11.8 Å². The molecule has 0 aliphatic carbocycles. The van der Waals surface area contributed by atoms with Crippen LogP contribution >= 0.6 is 0 Å². The van der Waals surface area contributed by atoms with Gasteiger partial charge in [-0.05, 0) is 54.8 Å². The highest BCUT2D eigenvalue weighted by molar-refractivity contribution is 5.81. The molecular weight excluding hydrogens is 343 g/mol. The van der Waals surface area contributed by atoms with Crippen molar-refractivity contribution < 1.29 is 18.7 Å². The average Bonchev–Trinajstić information content (AvgIpc) is 2.62. The summed E-state index contributed by atoms with van der Waals surface area (Å²) in [6, 6.07) is 17.8. The van der Waals surface area contributed by atoms with Gasteiger partial charge in [0, 0.05) is 18.1 Å². The Labute approximate surface area is 158 Å². The third kappa shape index (κ3) is 4.53. The normalized spacial score (nSPS) is 10.5. The van der Waals surface area contributed by atoms with Crippen LogP contribution < -0.4 is 9.47 Å². The van der Waals surface area contributed by atoms with Gasteiger partial charge in [-0.3, -0.25) is 4.79 Å². The Morgan fingerprint density at radius 2 is 1.70 bits per heavy atom. The van der Waals surface area contributed by atoms with Gasteiger partial charge in [0.25, 0.3) is 0 Å². The van der Waals surface area contributed by atoms with E-state index in [2.05, 4.69) is 0 Å². The first-order valence-electron chi connectivity index (χ1n) is 8.70. The minimum absolute atomic E-state index is 0.304. The highest BCUT2D eigenvalue weighted by Gasteiger charge is 2.17. The molecule has 0 aliphatic heterocycles. The molecule has 3 aromatic carbocycles. The number of benzene rings is 3. The van der Waals surface area contributed by atoms with Crippen molar-refractivity contribution in [2.45, 2.75) is 27.4 Å². The summed E-state index contributed by atoms with van der Waals surface area (Å²) in [7, 11) is 0. The molecule has 138 valence electrons. The first kappa shape index (κ1) is 18.6. The molecule has 27 heavy (non-hydrogen) atoms. The number of esters is 1. The molecular formula is C23H21FO3. The molecule has 0 N–H and O–H groups in total. The molecule has 4 heteroatoms. The van der Waals surface area contributed by atoms with Crippen LogP contribution in [0.3, 0.4) is 0 Å². The van der Waals surface area contributed by atoms with E-state index in [-0.39, 0.29) is 0 Å². The Kier molecular flexibility index (Phi) is 5.55. The standard InChI is InChI=1S/C23H21FO3/c1-15-11-16(2)23(26-14-18-7-5-4-6-8-18)21(12-15)20-13-19(24)9-10-22(20)27-17(3)25/h4-13H,14H2,1-3H3. The van der Waals surface area contributed by atoms with Crippen LogP contribution in [0.5, 0.6) is 11.5 Å². The summed E-state index contributed by atoms with van der Waals surface area (Å²) in [6.45, 7) is 5.61. The van der Waals surface area contributed by atoms with E-state index in [1.165, 1.54) is 25.1 Å². The first-order valence-corrected chi connectivity index (χ1v) is 8.70. The van der Waals surface area contributed by atoms with Gasteiger partial charge in [-0.25, -0.2) is 4.39 Å². The third-order valence-corrected chi connectivity index (χ3v) is 4.13. The van der Waals surface area contributed by atoms with E-state index in [4.69, 9.17) is 9.47 Å². The Morgan fingerprint density at radius 3 is 2.41 bits per heavy atom. The van der Waals surface area contributed by atoms with E-state index in [9.17, 15) is 9.18 Å². The molecule has 0 saturated heterocycles. The molecule has 0 unspecified atom stereocenters. The van der Waals surface area contributed by atoms with Crippen LogP contribution in [0.15, 0.2) is 60.7 Å². The van der Waals surface area contributed by atoms with Gasteiger partial charge in [0.05, 0.1) is 0 Å². The van der Waals surface area contributed by atoms with Crippen molar-refractivity contribution in [1.29, 1.82) is 0 Å². The summed E-state index contributed by atoms with van der Waals surface area (Å²) in [6.07, 6.45) is 0. The summed E-state index contributed by atoms with van der Waals surface area (Å²) in [5.41, 5.74) is 4.15. The fourth-order valence-corrected chi connectivity index (χ4v) is 3.03. The minimum Gasteiger partial charge on any atom is -0.488 e.